The van der Waals surface area contributed by atoms with E-state index in [2.05, 4.69) is 30.2 Å². The van der Waals surface area contributed by atoms with Crippen LogP contribution in [-0.2, 0) is 11.3 Å². The van der Waals surface area contributed by atoms with Crippen LogP contribution in [0.3, 0.4) is 0 Å². The summed E-state index contributed by atoms with van der Waals surface area (Å²) in [5.74, 6) is -0.160. The van der Waals surface area contributed by atoms with Crippen LogP contribution in [0.2, 0.25) is 0 Å². The molecule has 1 aromatic heterocycles. The molecule has 1 amide bonds. The Bertz CT molecular complexity index is 847. The maximum atomic E-state index is 13.0. The molecule has 0 spiro atoms. The highest BCUT2D eigenvalue weighted by Gasteiger charge is 2.23. The Hall–Kier alpha value is -3.08. The average Bonchev–Trinajstić information content (AvgIpc) is 2.76. The van der Waals surface area contributed by atoms with Crippen molar-refractivity contribution in [3.63, 3.8) is 0 Å². The van der Waals surface area contributed by atoms with Crippen molar-refractivity contribution in [2.45, 2.75) is 45.1 Å². The number of alkyl carbamates (subject to hydrolysis) is 1. The van der Waals surface area contributed by atoms with E-state index in [1.165, 1.54) is 12.1 Å². The third kappa shape index (κ3) is 7.88. The van der Waals surface area contributed by atoms with Crippen LogP contribution in [0.25, 0.3) is 0 Å². The molecule has 2 N–H and O–H groups in total. The van der Waals surface area contributed by atoms with E-state index in [1.54, 1.807) is 19.1 Å². The van der Waals surface area contributed by atoms with Crippen molar-refractivity contribution in [2.24, 2.45) is 0 Å². The SMILES string of the molecule is C[C@H](CNc1ncc(OC(F)F)cn1)NC(=O)OC1CCN(Cc2ccc(F)cc2)CC1. The molecule has 11 heteroatoms. The summed E-state index contributed by atoms with van der Waals surface area (Å²) in [6.45, 7) is 1.48. The number of nitrogens with one attached hydrogen (secondary N) is 2. The summed E-state index contributed by atoms with van der Waals surface area (Å²) >= 11 is 0. The van der Waals surface area contributed by atoms with Crippen molar-refractivity contribution in [3.8, 4) is 5.75 Å². The number of hydrogen-bond donors (Lipinski definition) is 2. The van der Waals surface area contributed by atoms with E-state index in [0.717, 1.165) is 50.4 Å². The molecule has 1 aliphatic rings. The van der Waals surface area contributed by atoms with Crippen molar-refractivity contribution in [1.82, 2.24) is 20.2 Å². The average molecular weight is 453 g/mol. The zero-order valence-corrected chi connectivity index (χ0v) is 17.6. The molecule has 1 atom stereocenters. The molecule has 0 bridgehead atoms. The molecule has 174 valence electrons. The van der Waals surface area contributed by atoms with Gasteiger partial charge in [0.05, 0.1) is 12.4 Å². The van der Waals surface area contributed by atoms with Gasteiger partial charge in [0.15, 0.2) is 5.75 Å². The molecule has 32 heavy (non-hydrogen) atoms. The van der Waals surface area contributed by atoms with E-state index in [9.17, 15) is 18.0 Å². The summed E-state index contributed by atoms with van der Waals surface area (Å²) in [7, 11) is 0. The van der Waals surface area contributed by atoms with Gasteiger partial charge in [0.1, 0.15) is 11.9 Å². The Morgan fingerprint density at radius 3 is 2.47 bits per heavy atom. The van der Waals surface area contributed by atoms with Gasteiger partial charge in [-0.3, -0.25) is 4.90 Å². The first-order valence-electron chi connectivity index (χ1n) is 10.3. The van der Waals surface area contributed by atoms with Crippen LogP contribution in [-0.4, -0.2) is 59.4 Å². The monoisotopic (exact) mass is 453 g/mol. The summed E-state index contributed by atoms with van der Waals surface area (Å²) in [4.78, 5) is 22.1. The molecule has 0 unspecified atom stereocenters. The van der Waals surface area contributed by atoms with Crippen LogP contribution in [0.5, 0.6) is 5.75 Å². The zero-order valence-electron chi connectivity index (χ0n) is 17.6. The van der Waals surface area contributed by atoms with Gasteiger partial charge in [-0.25, -0.2) is 19.2 Å². The molecule has 1 fully saturated rings. The van der Waals surface area contributed by atoms with Crippen molar-refractivity contribution < 1.29 is 27.4 Å². The molecule has 0 radical (unpaired) electrons. The van der Waals surface area contributed by atoms with Crippen LogP contribution in [0, 0.1) is 5.82 Å². The number of amides is 1. The topological polar surface area (TPSA) is 88.6 Å². The first-order valence-corrected chi connectivity index (χ1v) is 10.3. The van der Waals surface area contributed by atoms with Gasteiger partial charge >= 0.3 is 12.7 Å². The van der Waals surface area contributed by atoms with E-state index >= 15 is 0 Å². The largest absolute Gasteiger partial charge is 0.446 e. The van der Waals surface area contributed by atoms with Gasteiger partial charge in [0.2, 0.25) is 5.95 Å². The molecular formula is C21H26F3N5O3. The summed E-state index contributed by atoms with van der Waals surface area (Å²) < 4.78 is 47.0. The normalized spacial score (nSPS) is 15.9. The lowest BCUT2D eigenvalue weighted by atomic mass is 10.1. The number of rotatable bonds is 9. The first-order chi connectivity index (χ1) is 15.4. The molecule has 1 saturated heterocycles. The second kappa shape index (κ2) is 11.5. The summed E-state index contributed by atoms with van der Waals surface area (Å²) in [6, 6.07) is 6.18. The van der Waals surface area contributed by atoms with Crippen molar-refractivity contribution in [3.05, 3.63) is 48.0 Å². The molecule has 2 aromatic rings. The number of aromatic nitrogens is 2. The smallest absolute Gasteiger partial charge is 0.407 e. The van der Waals surface area contributed by atoms with Crippen LogP contribution in [0.1, 0.15) is 25.3 Å². The lowest BCUT2D eigenvalue weighted by Crippen LogP contribution is -2.42. The number of carbonyl (C=O) groups is 1. The second-order valence-corrected chi connectivity index (χ2v) is 7.55. The highest BCUT2D eigenvalue weighted by molar-refractivity contribution is 5.67. The predicted octanol–water partition coefficient (Wildman–Crippen LogP) is 3.41. The Morgan fingerprint density at radius 2 is 1.84 bits per heavy atom. The van der Waals surface area contributed by atoms with Gasteiger partial charge < -0.3 is 20.1 Å². The Kier molecular flexibility index (Phi) is 8.48. The first kappa shape index (κ1) is 23.6. The van der Waals surface area contributed by atoms with Crippen LogP contribution < -0.4 is 15.4 Å². The zero-order chi connectivity index (χ0) is 22.9. The Morgan fingerprint density at radius 1 is 1.19 bits per heavy atom. The number of carbonyl (C=O) groups excluding carboxylic acids is 1. The summed E-state index contributed by atoms with van der Waals surface area (Å²) in [6.07, 6.45) is 3.06. The number of halogens is 3. The highest BCUT2D eigenvalue weighted by Crippen LogP contribution is 2.17. The van der Waals surface area contributed by atoms with E-state index in [1.807, 2.05) is 0 Å². The Labute approximate surface area is 184 Å². The van der Waals surface area contributed by atoms with E-state index in [-0.39, 0.29) is 29.7 Å². The minimum atomic E-state index is -2.94. The number of nitrogens with zero attached hydrogens (tertiary/aromatic N) is 3. The molecule has 0 aliphatic carbocycles. The van der Waals surface area contributed by atoms with Gasteiger partial charge in [-0.05, 0) is 37.5 Å². The standard InChI is InChI=1S/C21H26F3N5O3/c1-14(10-25-20-26-11-18(12-27-20)31-19(23)24)28-21(30)32-17-6-8-29(9-7-17)13-15-2-4-16(22)5-3-15/h2-5,11-12,14,17,19H,6-10,13H2,1H3,(H,28,30)(H,25,26,27)/t14-/m1/s1. The van der Waals surface area contributed by atoms with Gasteiger partial charge in [-0.2, -0.15) is 8.78 Å². The number of ether oxygens (including phenoxy) is 2. The number of alkyl halides is 2. The minimum Gasteiger partial charge on any atom is -0.446 e. The lowest BCUT2D eigenvalue weighted by Gasteiger charge is -2.31. The number of hydrogen-bond acceptors (Lipinski definition) is 7. The quantitative estimate of drug-likeness (QED) is 0.602. The molecule has 3 rings (SSSR count). The van der Waals surface area contributed by atoms with Gasteiger partial charge in [-0.1, -0.05) is 12.1 Å². The maximum Gasteiger partial charge on any atom is 0.407 e. The second-order valence-electron chi connectivity index (χ2n) is 7.55. The van der Waals surface area contributed by atoms with Gasteiger partial charge in [0, 0.05) is 32.2 Å². The molecular weight excluding hydrogens is 427 g/mol. The summed E-state index contributed by atoms with van der Waals surface area (Å²) in [5, 5.41) is 5.64. The summed E-state index contributed by atoms with van der Waals surface area (Å²) in [5.41, 5.74) is 1.05. The van der Waals surface area contributed by atoms with E-state index in [4.69, 9.17) is 4.74 Å². The number of piperidine rings is 1. The molecule has 1 aromatic carbocycles. The van der Waals surface area contributed by atoms with Crippen LogP contribution in [0.4, 0.5) is 23.9 Å². The number of likely N-dealkylation sites (tertiary alicyclic amines) is 1. The molecule has 0 saturated carbocycles. The van der Waals surface area contributed by atoms with Gasteiger partial charge in [0.25, 0.3) is 0 Å². The molecule has 2 heterocycles. The van der Waals surface area contributed by atoms with Gasteiger partial charge in [-0.15, -0.1) is 0 Å². The fourth-order valence-corrected chi connectivity index (χ4v) is 3.29. The third-order valence-electron chi connectivity index (χ3n) is 4.91. The number of benzene rings is 1. The molecule has 1 aliphatic heterocycles. The maximum absolute atomic E-state index is 13.0. The van der Waals surface area contributed by atoms with E-state index in [0.29, 0.717) is 6.54 Å². The lowest BCUT2D eigenvalue weighted by molar-refractivity contribution is -0.0503. The third-order valence-corrected chi connectivity index (χ3v) is 4.91. The fraction of sp³-hybridized carbons (Fsp3) is 0.476. The highest BCUT2D eigenvalue weighted by atomic mass is 19.3. The minimum absolute atomic E-state index is 0.135. The predicted molar refractivity (Wildman–Crippen MR) is 111 cm³/mol. The van der Waals surface area contributed by atoms with E-state index < -0.39 is 12.7 Å². The number of anilines is 1. The Balaban J connectivity index is 1.32. The fourth-order valence-electron chi connectivity index (χ4n) is 3.29. The van der Waals surface area contributed by atoms with Crippen LogP contribution in [0.15, 0.2) is 36.7 Å². The molecule has 8 nitrogen and oxygen atoms in total. The van der Waals surface area contributed by atoms with Crippen molar-refractivity contribution in [1.29, 1.82) is 0 Å². The van der Waals surface area contributed by atoms with Crippen molar-refractivity contribution >= 4 is 12.0 Å². The van der Waals surface area contributed by atoms with Crippen molar-refractivity contribution in [2.75, 3.05) is 25.0 Å². The van der Waals surface area contributed by atoms with Crippen LogP contribution >= 0.6 is 0 Å².